The van der Waals surface area contributed by atoms with Gasteiger partial charge in [0.15, 0.2) is 5.13 Å². The number of anilines is 1. The highest BCUT2D eigenvalue weighted by Gasteiger charge is 2.27. The Bertz CT molecular complexity index is 828. The Balaban J connectivity index is 2.44. The Kier molecular flexibility index (Phi) is 5.06. The minimum atomic E-state index is -3.73. The van der Waals surface area contributed by atoms with Gasteiger partial charge in [-0.3, -0.25) is 0 Å². The summed E-state index contributed by atoms with van der Waals surface area (Å²) in [6, 6.07) is 5.00. The lowest BCUT2D eigenvalue weighted by Gasteiger charge is -2.20. The Morgan fingerprint density at radius 2 is 2.00 bits per heavy atom. The lowest BCUT2D eigenvalue weighted by atomic mass is 10.1. The van der Waals surface area contributed by atoms with Crippen molar-refractivity contribution in [3.8, 4) is 0 Å². The first-order valence-electron chi connectivity index (χ1n) is 6.95. The van der Waals surface area contributed by atoms with Gasteiger partial charge in [-0.1, -0.05) is 17.4 Å². The summed E-state index contributed by atoms with van der Waals surface area (Å²) in [6.07, 6.45) is 1.32. The van der Waals surface area contributed by atoms with Crippen molar-refractivity contribution in [1.29, 1.82) is 0 Å². The van der Waals surface area contributed by atoms with Crippen molar-refractivity contribution in [2.75, 3.05) is 18.0 Å². The van der Waals surface area contributed by atoms with E-state index in [1.807, 2.05) is 13.8 Å². The average Bonchev–Trinajstić information content (AvgIpc) is 2.99. The molecule has 0 saturated heterocycles. The molecule has 0 spiro atoms. The van der Waals surface area contributed by atoms with Crippen molar-refractivity contribution in [3.63, 3.8) is 0 Å². The third-order valence-corrected chi connectivity index (χ3v) is 6.42. The molecular formula is C15H18N2O4S2. The molecule has 0 aliphatic carbocycles. The number of carbonyl (C=O) groups excluding carboxylic acids is 1. The number of sulfonamides is 1. The molecule has 2 aromatic rings. The fraction of sp³-hybridized carbons (Fsp3) is 0.333. The SMILES string of the molecule is CCN(c1ncc(C(=O)OC)s1)S(=O)(=O)c1ccc(C)c(C)c1. The van der Waals surface area contributed by atoms with E-state index >= 15 is 0 Å². The molecule has 0 atom stereocenters. The first kappa shape index (κ1) is 17.4. The van der Waals surface area contributed by atoms with Crippen molar-refractivity contribution in [2.45, 2.75) is 25.7 Å². The van der Waals surface area contributed by atoms with Crippen LogP contribution in [0.3, 0.4) is 0 Å². The standard InChI is InChI=1S/C15H18N2O4S2/c1-5-17(15-16-9-13(22-15)14(18)21-4)23(19,20)12-7-6-10(2)11(3)8-12/h6-9H,5H2,1-4H3. The Hall–Kier alpha value is -1.93. The Labute approximate surface area is 139 Å². The van der Waals surface area contributed by atoms with Gasteiger partial charge >= 0.3 is 5.97 Å². The minimum Gasteiger partial charge on any atom is -0.465 e. The van der Waals surface area contributed by atoms with E-state index in [1.165, 1.54) is 17.6 Å². The van der Waals surface area contributed by atoms with E-state index in [-0.39, 0.29) is 21.4 Å². The fourth-order valence-corrected chi connectivity index (χ4v) is 4.61. The van der Waals surface area contributed by atoms with E-state index in [4.69, 9.17) is 0 Å². The lowest BCUT2D eigenvalue weighted by Crippen LogP contribution is -2.30. The molecule has 2 rings (SSSR count). The number of ether oxygens (including phenoxy) is 1. The summed E-state index contributed by atoms with van der Waals surface area (Å²) >= 11 is 0.988. The van der Waals surface area contributed by atoms with Gasteiger partial charge in [0, 0.05) is 6.54 Å². The Morgan fingerprint density at radius 1 is 1.30 bits per heavy atom. The maximum Gasteiger partial charge on any atom is 0.349 e. The van der Waals surface area contributed by atoms with Crippen molar-refractivity contribution < 1.29 is 17.9 Å². The summed E-state index contributed by atoms with van der Waals surface area (Å²) in [5.74, 6) is -0.534. The number of thiazole rings is 1. The fourth-order valence-electron chi connectivity index (χ4n) is 1.98. The number of hydrogen-bond donors (Lipinski definition) is 0. The van der Waals surface area contributed by atoms with E-state index in [0.717, 1.165) is 22.5 Å². The maximum atomic E-state index is 12.9. The molecule has 0 N–H and O–H groups in total. The third kappa shape index (κ3) is 3.37. The van der Waals surface area contributed by atoms with Gasteiger partial charge in [0.1, 0.15) is 4.88 Å². The summed E-state index contributed by atoms with van der Waals surface area (Å²) in [6.45, 7) is 5.72. The normalized spacial score (nSPS) is 11.3. The molecule has 1 heterocycles. The van der Waals surface area contributed by atoms with Crippen LogP contribution in [-0.4, -0.2) is 33.0 Å². The summed E-state index contributed by atoms with van der Waals surface area (Å²) < 4.78 is 31.5. The van der Waals surface area contributed by atoms with Crippen LogP contribution in [0.4, 0.5) is 5.13 Å². The van der Waals surface area contributed by atoms with Crippen LogP contribution >= 0.6 is 11.3 Å². The molecule has 8 heteroatoms. The predicted octanol–water partition coefficient (Wildman–Crippen LogP) is 2.76. The number of nitrogens with zero attached hydrogens (tertiary/aromatic N) is 2. The molecule has 0 amide bonds. The van der Waals surface area contributed by atoms with Crippen molar-refractivity contribution in [1.82, 2.24) is 4.98 Å². The van der Waals surface area contributed by atoms with Crippen molar-refractivity contribution in [3.05, 3.63) is 40.4 Å². The summed E-state index contributed by atoms with van der Waals surface area (Å²) in [7, 11) is -2.46. The number of esters is 1. The zero-order chi connectivity index (χ0) is 17.2. The van der Waals surface area contributed by atoms with Gasteiger partial charge in [0.2, 0.25) is 0 Å². The lowest BCUT2D eigenvalue weighted by molar-refractivity contribution is 0.0606. The maximum absolute atomic E-state index is 12.9. The van der Waals surface area contributed by atoms with E-state index in [1.54, 1.807) is 25.1 Å². The number of rotatable bonds is 5. The molecule has 124 valence electrons. The molecule has 0 saturated carbocycles. The molecule has 0 radical (unpaired) electrons. The molecule has 6 nitrogen and oxygen atoms in total. The van der Waals surface area contributed by atoms with Crippen LogP contribution in [0.1, 0.15) is 27.7 Å². The number of aryl methyl sites for hydroxylation is 2. The van der Waals surface area contributed by atoms with Gasteiger partial charge in [-0.05, 0) is 44.0 Å². The van der Waals surface area contributed by atoms with Gasteiger partial charge in [-0.25, -0.2) is 22.5 Å². The highest BCUT2D eigenvalue weighted by Crippen LogP contribution is 2.29. The molecule has 1 aromatic carbocycles. The van der Waals surface area contributed by atoms with Crippen LogP contribution < -0.4 is 4.31 Å². The van der Waals surface area contributed by atoms with Crippen molar-refractivity contribution in [2.24, 2.45) is 0 Å². The van der Waals surface area contributed by atoms with Gasteiger partial charge in [0.25, 0.3) is 10.0 Å². The van der Waals surface area contributed by atoms with Gasteiger partial charge in [-0.15, -0.1) is 0 Å². The van der Waals surface area contributed by atoms with E-state index in [0.29, 0.717) is 0 Å². The first-order valence-corrected chi connectivity index (χ1v) is 9.21. The zero-order valence-electron chi connectivity index (χ0n) is 13.4. The molecule has 1 aromatic heterocycles. The van der Waals surface area contributed by atoms with Crippen LogP contribution in [0.15, 0.2) is 29.3 Å². The van der Waals surface area contributed by atoms with Gasteiger partial charge in [-0.2, -0.15) is 0 Å². The second-order valence-corrected chi connectivity index (χ2v) is 7.79. The van der Waals surface area contributed by atoms with Crippen LogP contribution in [0.2, 0.25) is 0 Å². The quantitative estimate of drug-likeness (QED) is 0.772. The molecule has 0 fully saturated rings. The summed E-state index contributed by atoms with van der Waals surface area (Å²) in [5.41, 5.74) is 1.92. The number of carbonyl (C=O) groups is 1. The highest BCUT2D eigenvalue weighted by atomic mass is 32.2. The average molecular weight is 354 g/mol. The monoisotopic (exact) mass is 354 g/mol. The molecule has 0 aliphatic heterocycles. The highest BCUT2D eigenvalue weighted by molar-refractivity contribution is 7.93. The smallest absolute Gasteiger partial charge is 0.349 e. The number of hydrogen-bond acceptors (Lipinski definition) is 6. The van der Waals surface area contributed by atoms with E-state index in [2.05, 4.69) is 9.72 Å². The topological polar surface area (TPSA) is 76.6 Å². The molecule has 0 unspecified atom stereocenters. The number of methoxy groups -OCH3 is 1. The van der Waals surface area contributed by atoms with Crippen LogP contribution in [0, 0.1) is 13.8 Å². The molecular weight excluding hydrogens is 336 g/mol. The summed E-state index contributed by atoms with van der Waals surface area (Å²) in [5, 5.41) is 0.242. The Morgan fingerprint density at radius 3 is 2.57 bits per heavy atom. The van der Waals surface area contributed by atoms with Crippen LogP contribution in [-0.2, 0) is 14.8 Å². The number of benzene rings is 1. The van der Waals surface area contributed by atoms with E-state index < -0.39 is 16.0 Å². The molecule has 0 aliphatic rings. The first-order chi connectivity index (χ1) is 10.8. The van der Waals surface area contributed by atoms with Crippen LogP contribution in [0.5, 0.6) is 0 Å². The second kappa shape index (κ2) is 6.67. The zero-order valence-corrected chi connectivity index (χ0v) is 15.0. The van der Waals surface area contributed by atoms with Gasteiger partial charge < -0.3 is 4.74 Å². The summed E-state index contributed by atoms with van der Waals surface area (Å²) in [4.78, 5) is 16.0. The number of aromatic nitrogens is 1. The predicted molar refractivity (Wildman–Crippen MR) is 89.6 cm³/mol. The van der Waals surface area contributed by atoms with Crippen molar-refractivity contribution >= 4 is 32.5 Å². The third-order valence-electron chi connectivity index (χ3n) is 3.45. The molecule has 0 bridgehead atoms. The second-order valence-electron chi connectivity index (χ2n) is 4.91. The molecule has 23 heavy (non-hydrogen) atoms. The van der Waals surface area contributed by atoms with Gasteiger partial charge in [0.05, 0.1) is 18.2 Å². The largest absolute Gasteiger partial charge is 0.465 e. The minimum absolute atomic E-state index is 0.206. The van der Waals surface area contributed by atoms with Crippen LogP contribution in [0.25, 0.3) is 0 Å². The van der Waals surface area contributed by atoms with E-state index in [9.17, 15) is 13.2 Å².